The van der Waals surface area contributed by atoms with Crippen LogP contribution in [0.3, 0.4) is 0 Å². The summed E-state index contributed by atoms with van der Waals surface area (Å²) in [7, 11) is 1.75. The van der Waals surface area contributed by atoms with Crippen molar-refractivity contribution in [2.45, 2.75) is 20.3 Å². The molecule has 0 aliphatic carbocycles. The van der Waals surface area contributed by atoms with E-state index in [1.807, 2.05) is 13.8 Å². The molecule has 1 N–H and O–H groups in total. The third kappa shape index (κ3) is 2.22. The van der Waals surface area contributed by atoms with Crippen molar-refractivity contribution in [2.24, 2.45) is 18.4 Å². The molecule has 19 heavy (non-hydrogen) atoms. The van der Waals surface area contributed by atoms with Crippen LogP contribution in [0.5, 0.6) is 0 Å². The van der Waals surface area contributed by atoms with E-state index in [9.17, 15) is 14.7 Å². The first kappa shape index (κ1) is 13.6. The van der Waals surface area contributed by atoms with Gasteiger partial charge in [-0.2, -0.15) is 5.10 Å². The third-order valence-corrected chi connectivity index (χ3v) is 4.07. The van der Waals surface area contributed by atoms with Gasteiger partial charge in [-0.25, -0.2) is 0 Å². The summed E-state index contributed by atoms with van der Waals surface area (Å²) in [6.07, 6.45) is 3.67. The quantitative estimate of drug-likeness (QED) is 0.884. The number of carbonyl (C=O) groups is 2. The second-order valence-electron chi connectivity index (χ2n) is 5.50. The minimum absolute atomic E-state index is 0.00306. The average Bonchev–Trinajstić information content (AvgIpc) is 2.94. The number of aromatic nitrogens is 2. The van der Waals surface area contributed by atoms with Gasteiger partial charge in [0.25, 0.3) is 5.91 Å². The lowest BCUT2D eigenvalue weighted by atomic mass is 9.76. The first-order valence-electron chi connectivity index (χ1n) is 6.38. The fraction of sp³-hybridized carbons (Fsp3) is 0.615. The van der Waals surface area contributed by atoms with Crippen molar-refractivity contribution in [2.75, 3.05) is 13.1 Å². The molecule has 6 heteroatoms. The zero-order chi connectivity index (χ0) is 14.2. The Bertz CT molecular complexity index is 509. The van der Waals surface area contributed by atoms with E-state index in [0.717, 1.165) is 0 Å². The van der Waals surface area contributed by atoms with Crippen LogP contribution in [0.15, 0.2) is 12.4 Å². The molecule has 1 fully saturated rings. The number of hydrogen-bond acceptors (Lipinski definition) is 3. The SMILES string of the molecule is CC(C)C1(C(=O)O)CCN(C(=O)c2cnn(C)c2)C1. The number of likely N-dealkylation sites (tertiary alicyclic amines) is 1. The summed E-state index contributed by atoms with van der Waals surface area (Å²) in [4.78, 5) is 25.4. The molecule has 1 aliphatic rings. The summed E-state index contributed by atoms with van der Waals surface area (Å²) < 4.78 is 1.57. The lowest BCUT2D eigenvalue weighted by molar-refractivity contribution is -0.150. The third-order valence-electron chi connectivity index (χ3n) is 4.07. The number of aryl methyl sites for hydroxylation is 1. The van der Waals surface area contributed by atoms with E-state index in [4.69, 9.17) is 0 Å². The molecule has 1 aromatic rings. The predicted octanol–water partition coefficient (Wildman–Crippen LogP) is 0.993. The Hall–Kier alpha value is -1.85. The number of rotatable bonds is 3. The first-order chi connectivity index (χ1) is 8.86. The zero-order valence-electron chi connectivity index (χ0n) is 11.5. The van der Waals surface area contributed by atoms with Crippen LogP contribution in [0, 0.1) is 11.3 Å². The van der Waals surface area contributed by atoms with Crippen LogP contribution < -0.4 is 0 Å². The van der Waals surface area contributed by atoms with Gasteiger partial charge in [-0.15, -0.1) is 0 Å². The molecule has 1 amide bonds. The van der Waals surface area contributed by atoms with Crippen molar-refractivity contribution in [3.63, 3.8) is 0 Å². The Balaban J connectivity index is 2.18. The van der Waals surface area contributed by atoms with Crippen LogP contribution in [0.1, 0.15) is 30.6 Å². The van der Waals surface area contributed by atoms with E-state index in [1.54, 1.807) is 22.8 Å². The number of carbonyl (C=O) groups excluding carboxylic acids is 1. The van der Waals surface area contributed by atoms with Crippen LogP contribution in [0.4, 0.5) is 0 Å². The molecule has 1 unspecified atom stereocenters. The minimum atomic E-state index is -0.822. The number of carboxylic acids is 1. The normalized spacial score (nSPS) is 23.1. The Kier molecular flexibility index (Phi) is 3.34. The van der Waals surface area contributed by atoms with Crippen molar-refractivity contribution in [3.05, 3.63) is 18.0 Å². The fourth-order valence-electron chi connectivity index (χ4n) is 2.61. The summed E-state index contributed by atoms with van der Waals surface area (Å²) in [5.74, 6) is -0.961. The van der Waals surface area contributed by atoms with Crippen LogP contribution in [-0.2, 0) is 11.8 Å². The number of aliphatic carboxylic acids is 1. The number of carboxylic acid groups (broad SMARTS) is 1. The summed E-state index contributed by atoms with van der Waals surface area (Å²) in [5.41, 5.74) is -0.315. The Morgan fingerprint density at radius 3 is 2.58 bits per heavy atom. The molecule has 1 aromatic heterocycles. The maximum absolute atomic E-state index is 12.3. The lowest BCUT2D eigenvalue weighted by Gasteiger charge is -2.28. The molecule has 0 saturated carbocycles. The number of hydrogen-bond donors (Lipinski definition) is 1. The Morgan fingerprint density at radius 1 is 1.47 bits per heavy atom. The molecule has 1 saturated heterocycles. The highest BCUT2D eigenvalue weighted by Crippen LogP contribution is 2.38. The van der Waals surface area contributed by atoms with Crippen LogP contribution in [0.2, 0.25) is 0 Å². The highest BCUT2D eigenvalue weighted by molar-refractivity contribution is 5.94. The highest BCUT2D eigenvalue weighted by Gasteiger charge is 2.48. The number of nitrogens with zero attached hydrogens (tertiary/aromatic N) is 3. The van der Waals surface area contributed by atoms with Crippen molar-refractivity contribution < 1.29 is 14.7 Å². The monoisotopic (exact) mass is 265 g/mol. The summed E-state index contributed by atoms with van der Waals surface area (Å²) in [6, 6.07) is 0. The molecule has 0 aromatic carbocycles. The fourth-order valence-corrected chi connectivity index (χ4v) is 2.61. The minimum Gasteiger partial charge on any atom is -0.481 e. The van der Waals surface area contributed by atoms with Crippen LogP contribution in [0.25, 0.3) is 0 Å². The molecule has 1 atom stereocenters. The molecular weight excluding hydrogens is 246 g/mol. The lowest BCUT2D eigenvalue weighted by Crippen LogP contribution is -2.40. The molecule has 2 heterocycles. The Labute approximate surface area is 112 Å². The van der Waals surface area contributed by atoms with E-state index < -0.39 is 11.4 Å². The highest BCUT2D eigenvalue weighted by atomic mass is 16.4. The second kappa shape index (κ2) is 4.68. The standard InChI is InChI=1S/C13H19N3O3/c1-9(2)13(12(18)19)4-5-16(8-13)11(17)10-6-14-15(3)7-10/h6-7,9H,4-5,8H2,1-3H3,(H,18,19). The predicted molar refractivity (Wildman–Crippen MR) is 68.6 cm³/mol. The van der Waals surface area contributed by atoms with Gasteiger partial charge in [0.15, 0.2) is 0 Å². The second-order valence-corrected chi connectivity index (χ2v) is 5.50. The van der Waals surface area contributed by atoms with Gasteiger partial charge in [0.05, 0.1) is 17.2 Å². The van der Waals surface area contributed by atoms with Gasteiger partial charge in [-0.1, -0.05) is 13.8 Å². The van der Waals surface area contributed by atoms with Crippen molar-refractivity contribution in [1.29, 1.82) is 0 Å². The molecule has 0 bridgehead atoms. The molecule has 0 spiro atoms. The molecule has 1 aliphatic heterocycles. The largest absolute Gasteiger partial charge is 0.481 e. The summed E-state index contributed by atoms with van der Waals surface area (Å²) >= 11 is 0. The van der Waals surface area contributed by atoms with E-state index in [1.165, 1.54) is 6.20 Å². The van der Waals surface area contributed by atoms with Crippen LogP contribution >= 0.6 is 0 Å². The molecule has 0 radical (unpaired) electrons. The van der Waals surface area contributed by atoms with E-state index >= 15 is 0 Å². The van der Waals surface area contributed by atoms with Gasteiger partial charge in [0, 0.05) is 26.3 Å². The van der Waals surface area contributed by atoms with Gasteiger partial charge < -0.3 is 10.0 Å². The van der Waals surface area contributed by atoms with Crippen molar-refractivity contribution in [3.8, 4) is 0 Å². The first-order valence-corrected chi connectivity index (χ1v) is 6.38. The maximum atomic E-state index is 12.3. The van der Waals surface area contributed by atoms with Crippen molar-refractivity contribution in [1.82, 2.24) is 14.7 Å². The van der Waals surface area contributed by atoms with E-state index in [0.29, 0.717) is 18.5 Å². The van der Waals surface area contributed by atoms with Gasteiger partial charge >= 0.3 is 5.97 Å². The molecule has 6 nitrogen and oxygen atoms in total. The van der Waals surface area contributed by atoms with Gasteiger partial charge in [0.2, 0.25) is 0 Å². The van der Waals surface area contributed by atoms with Gasteiger partial charge in [-0.3, -0.25) is 14.3 Å². The van der Waals surface area contributed by atoms with Gasteiger partial charge in [-0.05, 0) is 12.3 Å². The van der Waals surface area contributed by atoms with Crippen LogP contribution in [-0.4, -0.2) is 44.8 Å². The smallest absolute Gasteiger partial charge is 0.311 e. The topological polar surface area (TPSA) is 75.4 Å². The van der Waals surface area contributed by atoms with Gasteiger partial charge in [0.1, 0.15) is 0 Å². The average molecular weight is 265 g/mol. The summed E-state index contributed by atoms with van der Waals surface area (Å²) in [5, 5.41) is 13.4. The van der Waals surface area contributed by atoms with E-state index in [-0.39, 0.29) is 18.4 Å². The maximum Gasteiger partial charge on any atom is 0.311 e. The van der Waals surface area contributed by atoms with E-state index in [2.05, 4.69) is 5.10 Å². The Morgan fingerprint density at radius 2 is 2.16 bits per heavy atom. The summed E-state index contributed by atoms with van der Waals surface area (Å²) in [6.45, 7) is 4.55. The molecule has 2 rings (SSSR count). The molecule has 104 valence electrons. The molecular formula is C13H19N3O3. The zero-order valence-corrected chi connectivity index (χ0v) is 11.5. The van der Waals surface area contributed by atoms with Crippen molar-refractivity contribution >= 4 is 11.9 Å². The number of amides is 1.